The third kappa shape index (κ3) is 5.17. The summed E-state index contributed by atoms with van der Waals surface area (Å²) in [6.07, 6.45) is 1.12. The molecule has 0 fully saturated rings. The summed E-state index contributed by atoms with van der Waals surface area (Å²) in [5.74, 6) is 1.55. The van der Waals surface area contributed by atoms with E-state index < -0.39 is 0 Å². The molecule has 0 spiro atoms. The second-order valence-corrected chi connectivity index (χ2v) is 7.12. The number of nitrogens with zero attached hydrogens (tertiary/aromatic N) is 2. The number of aliphatic imine (C=N–C) groups is 1. The number of guanidine groups is 1. The molecule has 0 saturated carbocycles. The van der Waals surface area contributed by atoms with Crippen LogP contribution in [-0.2, 0) is 13.0 Å². The Kier molecular flexibility index (Phi) is 6.26. The molecule has 0 aliphatic rings. The minimum atomic E-state index is 0.593. The van der Waals surface area contributed by atoms with E-state index in [1.54, 1.807) is 11.3 Å². The number of hydrogen-bond donors (Lipinski definition) is 1. The summed E-state index contributed by atoms with van der Waals surface area (Å²) in [5.41, 5.74) is 1.33. The van der Waals surface area contributed by atoms with Crippen LogP contribution in [0.2, 0.25) is 0 Å². The van der Waals surface area contributed by atoms with Gasteiger partial charge >= 0.3 is 0 Å². The van der Waals surface area contributed by atoms with Crippen molar-refractivity contribution in [2.24, 2.45) is 10.9 Å². The first-order valence-electron chi connectivity index (χ1n) is 7.14. The van der Waals surface area contributed by atoms with Crippen LogP contribution in [0.5, 0.6) is 0 Å². The van der Waals surface area contributed by atoms with Crippen LogP contribution < -0.4 is 5.32 Å². The summed E-state index contributed by atoms with van der Waals surface area (Å²) < 4.78 is 0. The quantitative estimate of drug-likeness (QED) is 0.649. The number of rotatable bonds is 6. The Hall–Kier alpha value is -1.33. The van der Waals surface area contributed by atoms with Crippen LogP contribution in [0.1, 0.15) is 17.4 Å². The minimum absolute atomic E-state index is 0.593. The van der Waals surface area contributed by atoms with Gasteiger partial charge < -0.3 is 10.2 Å². The van der Waals surface area contributed by atoms with Crippen molar-refractivity contribution < 1.29 is 0 Å². The molecule has 3 nitrogen and oxygen atoms in total. The van der Waals surface area contributed by atoms with Gasteiger partial charge in [-0.25, -0.2) is 0 Å². The molecule has 0 saturated heterocycles. The summed E-state index contributed by atoms with van der Waals surface area (Å²) in [7, 11) is 3.92. The molecule has 2 heterocycles. The first-order valence-corrected chi connectivity index (χ1v) is 8.96. The van der Waals surface area contributed by atoms with Gasteiger partial charge in [0.2, 0.25) is 0 Å². The van der Waals surface area contributed by atoms with Gasteiger partial charge in [0.1, 0.15) is 0 Å². The van der Waals surface area contributed by atoms with Gasteiger partial charge in [-0.15, -0.1) is 11.3 Å². The van der Waals surface area contributed by atoms with Gasteiger partial charge in [0, 0.05) is 32.1 Å². The van der Waals surface area contributed by atoms with Gasteiger partial charge in [-0.2, -0.15) is 11.3 Å². The minimum Gasteiger partial charge on any atom is -0.356 e. The van der Waals surface area contributed by atoms with Crippen molar-refractivity contribution in [1.82, 2.24) is 10.2 Å². The van der Waals surface area contributed by atoms with E-state index in [-0.39, 0.29) is 0 Å². The lowest BCUT2D eigenvalue weighted by Crippen LogP contribution is -2.40. The molecule has 0 bridgehead atoms. The third-order valence-electron chi connectivity index (χ3n) is 3.31. The third-order valence-corrected chi connectivity index (χ3v) is 4.94. The molecule has 114 valence electrons. The Morgan fingerprint density at radius 1 is 1.38 bits per heavy atom. The SMILES string of the molecule is CN=C(NCC(C)Cc1cccs1)N(C)Cc1ccsc1. The van der Waals surface area contributed by atoms with Crippen LogP contribution >= 0.6 is 22.7 Å². The standard InChI is InChI=1S/C16H23N3S2/c1-13(9-15-5-4-7-21-15)10-18-16(17-2)19(3)11-14-6-8-20-12-14/h4-8,12-13H,9-11H2,1-3H3,(H,17,18). The Morgan fingerprint density at radius 3 is 2.86 bits per heavy atom. The first-order chi connectivity index (χ1) is 10.2. The van der Waals surface area contributed by atoms with Crippen molar-refractivity contribution in [3.05, 3.63) is 44.8 Å². The Morgan fingerprint density at radius 2 is 2.24 bits per heavy atom. The van der Waals surface area contributed by atoms with E-state index in [0.29, 0.717) is 5.92 Å². The fourth-order valence-corrected chi connectivity index (χ4v) is 3.76. The van der Waals surface area contributed by atoms with Gasteiger partial charge in [0.15, 0.2) is 5.96 Å². The molecule has 2 rings (SSSR count). The lowest BCUT2D eigenvalue weighted by atomic mass is 10.1. The average molecular weight is 322 g/mol. The topological polar surface area (TPSA) is 27.6 Å². The predicted octanol–water partition coefficient (Wildman–Crippen LogP) is 3.70. The summed E-state index contributed by atoms with van der Waals surface area (Å²) in [5, 5.41) is 9.92. The van der Waals surface area contributed by atoms with E-state index in [1.165, 1.54) is 10.4 Å². The zero-order chi connectivity index (χ0) is 15.1. The maximum Gasteiger partial charge on any atom is 0.193 e. The highest BCUT2D eigenvalue weighted by Gasteiger charge is 2.09. The molecule has 1 unspecified atom stereocenters. The average Bonchev–Trinajstić information content (AvgIpc) is 3.13. The molecule has 0 aliphatic heterocycles. The van der Waals surface area contributed by atoms with E-state index in [0.717, 1.165) is 25.5 Å². The molecule has 1 N–H and O–H groups in total. The molecule has 0 aromatic carbocycles. The molecule has 2 aromatic rings. The zero-order valence-electron chi connectivity index (χ0n) is 12.9. The Bertz CT molecular complexity index is 532. The van der Waals surface area contributed by atoms with E-state index in [9.17, 15) is 0 Å². The Balaban J connectivity index is 1.79. The first kappa shape index (κ1) is 16.0. The van der Waals surface area contributed by atoms with Crippen LogP contribution in [-0.4, -0.2) is 31.5 Å². The number of nitrogens with one attached hydrogen (secondary N) is 1. The summed E-state index contributed by atoms with van der Waals surface area (Å²) in [4.78, 5) is 7.99. The van der Waals surface area contributed by atoms with Gasteiger partial charge in [-0.3, -0.25) is 4.99 Å². The second kappa shape index (κ2) is 8.20. The van der Waals surface area contributed by atoms with Gasteiger partial charge in [-0.05, 0) is 46.2 Å². The van der Waals surface area contributed by atoms with Gasteiger partial charge in [0.25, 0.3) is 0 Å². The summed E-state index contributed by atoms with van der Waals surface area (Å²) in [6, 6.07) is 6.49. The van der Waals surface area contributed by atoms with E-state index >= 15 is 0 Å². The van der Waals surface area contributed by atoms with Crippen molar-refractivity contribution in [1.29, 1.82) is 0 Å². The lowest BCUT2D eigenvalue weighted by molar-refractivity contribution is 0.462. The van der Waals surface area contributed by atoms with Crippen molar-refractivity contribution in [3.8, 4) is 0 Å². The van der Waals surface area contributed by atoms with E-state index in [1.807, 2.05) is 18.4 Å². The molecule has 2 aromatic heterocycles. The molecule has 0 aliphatic carbocycles. The highest BCUT2D eigenvalue weighted by Crippen LogP contribution is 2.14. The van der Waals surface area contributed by atoms with Gasteiger partial charge in [0.05, 0.1) is 0 Å². The van der Waals surface area contributed by atoms with Crippen molar-refractivity contribution in [2.75, 3.05) is 20.6 Å². The molecule has 5 heteroatoms. The van der Waals surface area contributed by atoms with E-state index in [2.05, 4.69) is 63.5 Å². The number of thiophene rings is 2. The van der Waals surface area contributed by atoms with Crippen LogP contribution in [0.3, 0.4) is 0 Å². The summed E-state index contributed by atoms with van der Waals surface area (Å²) >= 11 is 3.57. The molecule has 0 amide bonds. The Labute approximate surface area is 135 Å². The van der Waals surface area contributed by atoms with Gasteiger partial charge in [-0.1, -0.05) is 13.0 Å². The molecule has 21 heavy (non-hydrogen) atoms. The molecular weight excluding hydrogens is 298 g/mol. The number of hydrogen-bond acceptors (Lipinski definition) is 3. The summed E-state index contributed by atoms with van der Waals surface area (Å²) in [6.45, 7) is 4.11. The fourth-order valence-electron chi connectivity index (χ4n) is 2.23. The largest absolute Gasteiger partial charge is 0.356 e. The normalized spacial score (nSPS) is 13.2. The maximum absolute atomic E-state index is 4.37. The van der Waals surface area contributed by atoms with Crippen molar-refractivity contribution in [2.45, 2.75) is 19.9 Å². The van der Waals surface area contributed by atoms with Crippen LogP contribution in [0.4, 0.5) is 0 Å². The van der Waals surface area contributed by atoms with E-state index in [4.69, 9.17) is 0 Å². The highest BCUT2D eigenvalue weighted by atomic mass is 32.1. The molecule has 1 atom stereocenters. The van der Waals surface area contributed by atoms with Crippen LogP contribution in [0.15, 0.2) is 39.3 Å². The van der Waals surface area contributed by atoms with Crippen molar-refractivity contribution >= 4 is 28.6 Å². The van der Waals surface area contributed by atoms with Crippen LogP contribution in [0, 0.1) is 5.92 Å². The maximum atomic E-state index is 4.37. The second-order valence-electron chi connectivity index (χ2n) is 5.30. The lowest BCUT2D eigenvalue weighted by Gasteiger charge is -2.23. The smallest absolute Gasteiger partial charge is 0.193 e. The molecular formula is C16H23N3S2. The van der Waals surface area contributed by atoms with Crippen LogP contribution in [0.25, 0.3) is 0 Å². The molecule has 0 radical (unpaired) electrons. The monoisotopic (exact) mass is 321 g/mol. The zero-order valence-corrected chi connectivity index (χ0v) is 14.5. The fraction of sp³-hybridized carbons (Fsp3) is 0.438. The van der Waals surface area contributed by atoms with Crippen molar-refractivity contribution in [3.63, 3.8) is 0 Å². The highest BCUT2D eigenvalue weighted by molar-refractivity contribution is 7.09. The predicted molar refractivity (Wildman–Crippen MR) is 94.3 cm³/mol.